The highest BCUT2D eigenvalue weighted by molar-refractivity contribution is 5.70. The number of carbonyl (C=O) groups is 2. The van der Waals surface area contributed by atoms with Crippen LogP contribution in [0.1, 0.15) is 290 Å². The van der Waals surface area contributed by atoms with Crippen molar-refractivity contribution in [3.63, 3.8) is 0 Å². The van der Waals surface area contributed by atoms with E-state index < -0.39 is 6.10 Å². The van der Waals surface area contributed by atoms with Gasteiger partial charge in [0.15, 0.2) is 6.10 Å². The fraction of sp³-hybridized carbons (Fsp3) is 0.803. The van der Waals surface area contributed by atoms with E-state index in [4.69, 9.17) is 14.2 Å². The Morgan fingerprint density at radius 3 is 1.11 bits per heavy atom. The number of hydrogen-bond acceptors (Lipinski definition) is 5. The van der Waals surface area contributed by atoms with E-state index in [-0.39, 0.29) is 25.2 Å². The number of hydrogen-bond donors (Lipinski definition) is 0. The second-order valence-corrected chi connectivity index (χ2v) is 19.2. The molecule has 0 rings (SSSR count). The minimum absolute atomic E-state index is 0.0768. The van der Waals surface area contributed by atoms with Crippen molar-refractivity contribution in [3.8, 4) is 0 Å². The van der Waals surface area contributed by atoms with Crippen molar-refractivity contribution in [1.82, 2.24) is 0 Å². The molecule has 0 amide bonds. The number of rotatable bonds is 53. The molecule has 1 atom stereocenters. The molecule has 0 bridgehead atoms. The molecule has 0 aliphatic heterocycles. The first kappa shape index (κ1) is 63.6. The molecule has 1 unspecified atom stereocenters. The molecule has 0 N–H and O–H groups in total. The van der Waals surface area contributed by atoms with E-state index in [0.29, 0.717) is 19.4 Å². The third-order valence-corrected chi connectivity index (χ3v) is 12.5. The van der Waals surface area contributed by atoms with E-state index in [9.17, 15) is 9.59 Å². The van der Waals surface area contributed by atoms with Gasteiger partial charge in [0.1, 0.15) is 6.61 Å². The molecule has 5 heteroatoms. The topological polar surface area (TPSA) is 61.8 Å². The first-order valence-electron chi connectivity index (χ1n) is 28.8. The molecular weight excluding hydrogens is 813 g/mol. The van der Waals surface area contributed by atoms with Crippen LogP contribution in [0.15, 0.2) is 60.8 Å². The average molecular weight is 924 g/mol. The predicted octanol–water partition coefficient (Wildman–Crippen LogP) is 19.7. The van der Waals surface area contributed by atoms with Crippen LogP contribution >= 0.6 is 0 Å². The third-order valence-electron chi connectivity index (χ3n) is 12.5. The largest absolute Gasteiger partial charge is 0.462 e. The smallest absolute Gasteiger partial charge is 0.306 e. The van der Waals surface area contributed by atoms with E-state index in [0.717, 1.165) is 64.2 Å². The van der Waals surface area contributed by atoms with Gasteiger partial charge in [0.25, 0.3) is 0 Å². The van der Waals surface area contributed by atoms with Gasteiger partial charge in [-0.2, -0.15) is 0 Å². The maximum atomic E-state index is 12.8. The van der Waals surface area contributed by atoms with Crippen LogP contribution in [0.2, 0.25) is 0 Å². The van der Waals surface area contributed by atoms with Gasteiger partial charge in [-0.15, -0.1) is 0 Å². The standard InChI is InChI=1S/C61H110O5/c1-4-7-10-13-16-19-22-25-27-29-30-31-33-35-38-41-44-47-50-53-56-64-57-59(66-61(63)55-52-49-46-43-40-36-24-21-18-15-12-9-6-3)58-65-60(62)54-51-48-45-42-39-37-34-32-28-26-23-20-17-14-11-8-5-2/h12,15-16,19,21,24-28,59H,4-11,13-14,17-18,20,22-23,29-58H2,1-3H3/b15-12-,19-16-,24-21-,27-25-,28-26-. The molecule has 5 nitrogen and oxygen atoms in total. The molecule has 0 aromatic carbocycles. The number of esters is 2. The Morgan fingerprint density at radius 1 is 0.333 bits per heavy atom. The summed E-state index contributed by atoms with van der Waals surface area (Å²) in [6.45, 7) is 7.75. The fourth-order valence-corrected chi connectivity index (χ4v) is 8.16. The van der Waals surface area contributed by atoms with Gasteiger partial charge in [-0.25, -0.2) is 0 Å². The zero-order valence-electron chi connectivity index (χ0n) is 44.2. The summed E-state index contributed by atoms with van der Waals surface area (Å²) in [5, 5.41) is 0. The van der Waals surface area contributed by atoms with Crippen LogP contribution in [0.3, 0.4) is 0 Å². The molecule has 0 heterocycles. The zero-order chi connectivity index (χ0) is 47.7. The van der Waals surface area contributed by atoms with E-state index in [1.165, 1.54) is 193 Å². The van der Waals surface area contributed by atoms with Crippen molar-refractivity contribution in [2.24, 2.45) is 0 Å². The highest BCUT2D eigenvalue weighted by atomic mass is 16.6. The zero-order valence-corrected chi connectivity index (χ0v) is 44.2. The Labute approximate surface area is 411 Å². The van der Waals surface area contributed by atoms with Crippen LogP contribution in [-0.4, -0.2) is 37.9 Å². The van der Waals surface area contributed by atoms with Crippen LogP contribution in [-0.2, 0) is 23.8 Å². The van der Waals surface area contributed by atoms with Crippen LogP contribution < -0.4 is 0 Å². The van der Waals surface area contributed by atoms with Crippen LogP contribution in [0, 0.1) is 0 Å². The van der Waals surface area contributed by atoms with Crippen molar-refractivity contribution < 1.29 is 23.8 Å². The minimum Gasteiger partial charge on any atom is -0.462 e. The summed E-state index contributed by atoms with van der Waals surface area (Å²) in [7, 11) is 0. The Morgan fingerprint density at radius 2 is 0.667 bits per heavy atom. The minimum atomic E-state index is -0.547. The van der Waals surface area contributed by atoms with Crippen LogP contribution in [0.4, 0.5) is 0 Å². The number of carbonyl (C=O) groups excluding carboxylic acids is 2. The summed E-state index contributed by atoms with van der Waals surface area (Å²) in [4.78, 5) is 25.5. The molecule has 0 saturated heterocycles. The molecule has 0 aromatic heterocycles. The lowest BCUT2D eigenvalue weighted by molar-refractivity contribution is -0.163. The summed E-state index contributed by atoms with van der Waals surface area (Å²) in [6.07, 6.45) is 72.4. The molecule has 0 aliphatic rings. The van der Waals surface area contributed by atoms with E-state index in [1.54, 1.807) is 0 Å². The maximum Gasteiger partial charge on any atom is 0.306 e. The van der Waals surface area contributed by atoms with Crippen molar-refractivity contribution in [3.05, 3.63) is 60.8 Å². The molecule has 66 heavy (non-hydrogen) atoms. The SMILES string of the molecule is CCC/C=C\C/C=C\CCCCCCCC(=O)OC(COCCCCCCCCCCCC/C=C\C/C=C\CCCCC)COC(=O)CCCCCCCCC/C=C\CCCCCCCC. The molecular formula is C61H110O5. The number of unbranched alkanes of at least 4 members (excludes halogenated alkanes) is 32. The lowest BCUT2D eigenvalue weighted by Gasteiger charge is -2.18. The van der Waals surface area contributed by atoms with Gasteiger partial charge in [-0.05, 0) is 103 Å². The van der Waals surface area contributed by atoms with Gasteiger partial charge >= 0.3 is 11.9 Å². The summed E-state index contributed by atoms with van der Waals surface area (Å²) in [6, 6.07) is 0. The molecule has 0 spiro atoms. The molecule has 0 aliphatic carbocycles. The molecule has 0 aromatic rings. The van der Waals surface area contributed by atoms with Crippen LogP contribution in [0.25, 0.3) is 0 Å². The number of ether oxygens (including phenoxy) is 3. The van der Waals surface area contributed by atoms with Gasteiger partial charge in [-0.1, -0.05) is 236 Å². The van der Waals surface area contributed by atoms with Gasteiger partial charge < -0.3 is 14.2 Å². The van der Waals surface area contributed by atoms with Crippen LogP contribution in [0.5, 0.6) is 0 Å². The van der Waals surface area contributed by atoms with Crippen molar-refractivity contribution in [2.75, 3.05) is 19.8 Å². The normalized spacial score (nSPS) is 12.6. The number of allylic oxidation sites excluding steroid dienone is 10. The monoisotopic (exact) mass is 923 g/mol. The lowest BCUT2D eigenvalue weighted by Crippen LogP contribution is -2.30. The Bertz CT molecular complexity index is 1130. The highest BCUT2D eigenvalue weighted by Crippen LogP contribution is 2.15. The highest BCUT2D eigenvalue weighted by Gasteiger charge is 2.17. The van der Waals surface area contributed by atoms with Gasteiger partial charge in [-0.3, -0.25) is 9.59 Å². The Kier molecular flexibility index (Phi) is 54.9. The quantitative estimate of drug-likeness (QED) is 0.0346. The maximum absolute atomic E-state index is 12.8. The fourth-order valence-electron chi connectivity index (χ4n) is 8.16. The summed E-state index contributed by atoms with van der Waals surface area (Å²) >= 11 is 0. The van der Waals surface area contributed by atoms with E-state index in [1.807, 2.05) is 0 Å². The molecule has 0 fully saturated rings. The summed E-state index contributed by atoms with van der Waals surface area (Å²) in [5.41, 5.74) is 0. The van der Waals surface area contributed by atoms with E-state index >= 15 is 0 Å². The lowest BCUT2D eigenvalue weighted by atomic mass is 10.1. The molecule has 384 valence electrons. The second-order valence-electron chi connectivity index (χ2n) is 19.2. The first-order valence-corrected chi connectivity index (χ1v) is 28.8. The van der Waals surface area contributed by atoms with Gasteiger partial charge in [0, 0.05) is 19.4 Å². The Balaban J connectivity index is 4.24. The van der Waals surface area contributed by atoms with Crippen molar-refractivity contribution >= 4 is 11.9 Å². The van der Waals surface area contributed by atoms with Crippen molar-refractivity contribution in [1.29, 1.82) is 0 Å². The summed E-state index contributed by atoms with van der Waals surface area (Å²) in [5.74, 6) is -0.410. The average Bonchev–Trinajstić information content (AvgIpc) is 3.32. The van der Waals surface area contributed by atoms with Gasteiger partial charge in [0.2, 0.25) is 0 Å². The molecule has 0 saturated carbocycles. The second kappa shape index (κ2) is 56.9. The van der Waals surface area contributed by atoms with E-state index in [2.05, 4.69) is 81.5 Å². The van der Waals surface area contributed by atoms with Crippen molar-refractivity contribution in [2.45, 2.75) is 297 Å². The third kappa shape index (κ3) is 54.2. The Hall–Kier alpha value is -2.40. The summed E-state index contributed by atoms with van der Waals surface area (Å²) < 4.78 is 17.5. The first-order chi connectivity index (χ1) is 32.6. The van der Waals surface area contributed by atoms with Gasteiger partial charge in [0.05, 0.1) is 6.61 Å². The predicted molar refractivity (Wildman–Crippen MR) is 288 cm³/mol. The molecule has 0 radical (unpaired) electrons.